The molecule has 8 heteroatoms. The van der Waals surface area contributed by atoms with Crippen LogP contribution >= 0.6 is 0 Å². The minimum atomic E-state index is -0.636. The zero-order chi connectivity index (χ0) is 24.4. The van der Waals surface area contributed by atoms with E-state index < -0.39 is 30.4 Å². The summed E-state index contributed by atoms with van der Waals surface area (Å²) in [4.78, 5) is 33.8. The summed E-state index contributed by atoms with van der Waals surface area (Å²) < 4.78 is 19.5. The van der Waals surface area contributed by atoms with Gasteiger partial charge in [-0.2, -0.15) is 0 Å². The SMILES string of the molecule is Cc1ccc(C(=O)OC[C@H]2O[C@@H](n3ccc4cncnc43)C[C@@H]2OC(=O)c2ccc(C)cc2)cc1. The number of aryl methyl sites for hydroxylation is 2. The molecule has 2 aromatic carbocycles. The van der Waals surface area contributed by atoms with Gasteiger partial charge in [-0.15, -0.1) is 0 Å². The maximum absolute atomic E-state index is 12.8. The van der Waals surface area contributed by atoms with Crippen molar-refractivity contribution >= 4 is 23.0 Å². The number of aromatic nitrogens is 3. The summed E-state index contributed by atoms with van der Waals surface area (Å²) in [7, 11) is 0. The molecular weight excluding hydrogens is 446 g/mol. The summed E-state index contributed by atoms with van der Waals surface area (Å²) in [6.45, 7) is 3.85. The van der Waals surface area contributed by atoms with Crippen LogP contribution in [0.4, 0.5) is 0 Å². The van der Waals surface area contributed by atoms with Crippen LogP contribution in [0.2, 0.25) is 0 Å². The van der Waals surface area contributed by atoms with E-state index in [0.717, 1.165) is 16.5 Å². The molecule has 1 saturated heterocycles. The molecule has 4 aromatic rings. The number of hydrogen-bond donors (Lipinski definition) is 0. The van der Waals surface area contributed by atoms with Crippen molar-refractivity contribution < 1.29 is 23.8 Å². The molecule has 35 heavy (non-hydrogen) atoms. The van der Waals surface area contributed by atoms with Crippen molar-refractivity contribution in [2.24, 2.45) is 0 Å². The molecule has 1 aliphatic rings. The summed E-state index contributed by atoms with van der Waals surface area (Å²) in [6.07, 6.45) is 3.76. The third kappa shape index (κ3) is 4.93. The zero-order valence-corrected chi connectivity index (χ0v) is 19.5. The van der Waals surface area contributed by atoms with Crippen LogP contribution in [0.15, 0.2) is 73.3 Å². The number of fused-ring (bicyclic) bond motifs is 1. The van der Waals surface area contributed by atoms with E-state index in [9.17, 15) is 9.59 Å². The molecule has 5 rings (SSSR count). The molecule has 3 atom stereocenters. The average molecular weight is 472 g/mol. The van der Waals surface area contributed by atoms with E-state index in [2.05, 4.69) is 9.97 Å². The van der Waals surface area contributed by atoms with Crippen LogP contribution < -0.4 is 0 Å². The second-order valence-electron chi connectivity index (χ2n) is 8.66. The number of hydrogen-bond acceptors (Lipinski definition) is 7. The predicted octanol–water partition coefficient (Wildman–Crippen LogP) is 4.42. The highest BCUT2D eigenvalue weighted by Crippen LogP contribution is 2.34. The van der Waals surface area contributed by atoms with Crippen molar-refractivity contribution in [2.45, 2.75) is 38.7 Å². The van der Waals surface area contributed by atoms with Crippen molar-refractivity contribution in [1.29, 1.82) is 0 Å². The molecule has 3 heterocycles. The van der Waals surface area contributed by atoms with Gasteiger partial charge < -0.3 is 18.8 Å². The topological polar surface area (TPSA) is 92.5 Å². The summed E-state index contributed by atoms with van der Waals surface area (Å²) in [5, 5.41) is 0.874. The Morgan fingerprint density at radius 3 is 2.31 bits per heavy atom. The van der Waals surface area contributed by atoms with Crippen molar-refractivity contribution in [2.75, 3.05) is 6.61 Å². The van der Waals surface area contributed by atoms with E-state index in [1.54, 1.807) is 30.5 Å². The van der Waals surface area contributed by atoms with E-state index in [1.807, 2.05) is 54.9 Å². The highest BCUT2D eigenvalue weighted by Gasteiger charge is 2.40. The number of carbonyl (C=O) groups excluding carboxylic acids is 2. The summed E-state index contributed by atoms with van der Waals surface area (Å²) >= 11 is 0. The summed E-state index contributed by atoms with van der Waals surface area (Å²) in [5.74, 6) is -0.909. The number of ether oxygens (including phenoxy) is 3. The molecule has 0 amide bonds. The molecule has 1 aliphatic heterocycles. The van der Waals surface area contributed by atoms with E-state index in [4.69, 9.17) is 14.2 Å². The Hall–Kier alpha value is -4.04. The molecule has 0 saturated carbocycles. The lowest BCUT2D eigenvalue weighted by atomic mass is 10.1. The minimum Gasteiger partial charge on any atom is -0.459 e. The van der Waals surface area contributed by atoms with Crippen molar-refractivity contribution in [1.82, 2.24) is 14.5 Å². The lowest BCUT2D eigenvalue weighted by Gasteiger charge is -2.19. The maximum atomic E-state index is 12.8. The first kappa shape index (κ1) is 22.7. The lowest BCUT2D eigenvalue weighted by molar-refractivity contribution is -0.0562. The number of benzene rings is 2. The van der Waals surface area contributed by atoms with E-state index in [-0.39, 0.29) is 6.61 Å². The Balaban J connectivity index is 1.34. The molecule has 0 spiro atoms. The fourth-order valence-electron chi connectivity index (χ4n) is 4.10. The Morgan fingerprint density at radius 2 is 1.63 bits per heavy atom. The molecule has 2 aromatic heterocycles. The van der Waals surface area contributed by atoms with Gasteiger partial charge in [0.2, 0.25) is 0 Å². The predicted molar refractivity (Wildman–Crippen MR) is 128 cm³/mol. The molecule has 0 N–H and O–H groups in total. The number of esters is 2. The molecule has 0 unspecified atom stereocenters. The quantitative estimate of drug-likeness (QED) is 0.384. The van der Waals surface area contributed by atoms with Gasteiger partial charge in [0.1, 0.15) is 37.0 Å². The molecule has 178 valence electrons. The maximum Gasteiger partial charge on any atom is 0.338 e. The van der Waals surface area contributed by atoms with Crippen molar-refractivity contribution in [3.63, 3.8) is 0 Å². The van der Waals surface area contributed by atoms with Gasteiger partial charge in [-0.1, -0.05) is 35.4 Å². The number of nitrogens with zero attached hydrogens (tertiary/aromatic N) is 3. The molecule has 0 aliphatic carbocycles. The normalized spacial score (nSPS) is 19.5. The van der Waals surface area contributed by atoms with Crippen LogP contribution in [0, 0.1) is 13.8 Å². The van der Waals surface area contributed by atoms with Crippen LogP contribution in [0.25, 0.3) is 11.0 Å². The van der Waals surface area contributed by atoms with Crippen LogP contribution in [0.1, 0.15) is 44.5 Å². The molecule has 0 radical (unpaired) electrons. The Bertz CT molecular complexity index is 1350. The van der Waals surface area contributed by atoms with Gasteiger partial charge in [0.25, 0.3) is 0 Å². The van der Waals surface area contributed by atoms with Gasteiger partial charge in [-0.25, -0.2) is 19.6 Å². The zero-order valence-electron chi connectivity index (χ0n) is 19.5. The van der Waals surface area contributed by atoms with Crippen molar-refractivity contribution in [3.05, 3.63) is 95.6 Å². The van der Waals surface area contributed by atoms with E-state index in [1.165, 1.54) is 6.33 Å². The molecular formula is C27H25N3O5. The third-order valence-electron chi connectivity index (χ3n) is 6.08. The minimum absolute atomic E-state index is 0.0523. The summed E-state index contributed by atoms with van der Waals surface area (Å²) in [5.41, 5.74) is 3.72. The van der Waals surface area contributed by atoms with Crippen LogP contribution in [0.3, 0.4) is 0 Å². The largest absolute Gasteiger partial charge is 0.459 e. The van der Waals surface area contributed by atoms with Crippen molar-refractivity contribution in [3.8, 4) is 0 Å². The lowest BCUT2D eigenvalue weighted by Crippen LogP contribution is -2.32. The van der Waals surface area contributed by atoms with Gasteiger partial charge in [-0.05, 0) is 44.2 Å². The average Bonchev–Trinajstić information content (AvgIpc) is 3.47. The highest BCUT2D eigenvalue weighted by molar-refractivity contribution is 5.90. The van der Waals surface area contributed by atoms with Crippen LogP contribution in [0.5, 0.6) is 0 Å². The monoisotopic (exact) mass is 471 g/mol. The van der Waals surface area contributed by atoms with Gasteiger partial charge >= 0.3 is 11.9 Å². The van der Waals surface area contributed by atoms with Crippen LogP contribution in [-0.4, -0.2) is 45.3 Å². The molecule has 8 nitrogen and oxygen atoms in total. The third-order valence-corrected chi connectivity index (χ3v) is 6.08. The fraction of sp³-hybridized carbons (Fsp3) is 0.259. The van der Waals surface area contributed by atoms with E-state index in [0.29, 0.717) is 23.2 Å². The van der Waals surface area contributed by atoms with E-state index >= 15 is 0 Å². The first-order valence-electron chi connectivity index (χ1n) is 11.4. The molecule has 0 bridgehead atoms. The Morgan fingerprint density at radius 1 is 0.971 bits per heavy atom. The van der Waals surface area contributed by atoms with Gasteiger partial charge in [0, 0.05) is 24.2 Å². The van der Waals surface area contributed by atoms with Gasteiger partial charge in [0.05, 0.1) is 11.1 Å². The first-order chi connectivity index (χ1) is 17.0. The van der Waals surface area contributed by atoms with Gasteiger partial charge in [0.15, 0.2) is 0 Å². The number of carbonyl (C=O) groups is 2. The Kier molecular flexibility index (Phi) is 6.29. The van der Waals surface area contributed by atoms with Crippen LogP contribution in [-0.2, 0) is 14.2 Å². The second-order valence-corrected chi connectivity index (χ2v) is 8.66. The molecule has 1 fully saturated rings. The standard InChI is InChI=1S/C27H25N3O5/c1-17-3-7-19(8-4-17)26(31)33-15-23-22(35-27(32)20-9-5-18(2)6-10-20)13-24(34-23)30-12-11-21-14-28-16-29-25(21)30/h3-12,14,16,22-24H,13,15H2,1-2H3/t22-,23+,24+/m0/s1. The number of rotatable bonds is 6. The summed E-state index contributed by atoms with van der Waals surface area (Å²) in [6, 6.07) is 16.2. The van der Waals surface area contributed by atoms with Gasteiger partial charge in [-0.3, -0.25) is 0 Å². The Labute approximate surface area is 202 Å². The first-order valence-corrected chi connectivity index (χ1v) is 11.4. The second kappa shape index (κ2) is 9.68. The fourth-order valence-corrected chi connectivity index (χ4v) is 4.10. The highest BCUT2D eigenvalue weighted by atomic mass is 16.6. The smallest absolute Gasteiger partial charge is 0.338 e.